The van der Waals surface area contributed by atoms with E-state index in [2.05, 4.69) is 15.9 Å². The molecule has 0 aliphatic heterocycles. The summed E-state index contributed by atoms with van der Waals surface area (Å²) >= 11 is 3.33. The molecule has 0 spiro atoms. The molecule has 0 amide bonds. The predicted octanol–water partition coefficient (Wildman–Crippen LogP) is 1.89. The van der Waals surface area contributed by atoms with Crippen LogP contribution in [0.15, 0.2) is 22.7 Å². The lowest BCUT2D eigenvalue weighted by Gasteiger charge is -2.16. The lowest BCUT2D eigenvalue weighted by Crippen LogP contribution is -2.23. The van der Waals surface area contributed by atoms with Crippen LogP contribution in [-0.4, -0.2) is 36.6 Å². The fraction of sp³-hybridized carbons (Fsp3) is 0.500. The third-order valence-electron chi connectivity index (χ3n) is 2.22. The van der Waals surface area contributed by atoms with E-state index in [1.807, 2.05) is 6.07 Å². The number of benzene rings is 1. The second kappa shape index (κ2) is 6.96. The van der Waals surface area contributed by atoms with Gasteiger partial charge in [-0.2, -0.15) is 0 Å². The largest absolute Gasteiger partial charge is 0.490 e. The molecule has 0 aliphatic rings. The Morgan fingerprint density at radius 1 is 1.29 bits per heavy atom. The van der Waals surface area contributed by atoms with Crippen LogP contribution in [0.5, 0.6) is 5.75 Å². The van der Waals surface area contributed by atoms with E-state index in [1.54, 1.807) is 19.1 Å². The highest BCUT2D eigenvalue weighted by Gasteiger charge is 2.11. The van der Waals surface area contributed by atoms with Crippen LogP contribution in [0.2, 0.25) is 0 Å². The van der Waals surface area contributed by atoms with Gasteiger partial charge in [0.25, 0.3) is 0 Å². The number of methoxy groups -OCH3 is 1. The highest BCUT2D eigenvalue weighted by atomic mass is 79.9. The van der Waals surface area contributed by atoms with Crippen LogP contribution in [0.1, 0.15) is 18.6 Å². The van der Waals surface area contributed by atoms with Crippen molar-refractivity contribution in [1.82, 2.24) is 0 Å². The van der Waals surface area contributed by atoms with E-state index in [4.69, 9.17) is 9.47 Å². The number of hydrogen-bond donors (Lipinski definition) is 2. The molecule has 0 radical (unpaired) electrons. The zero-order chi connectivity index (χ0) is 12.8. The molecule has 17 heavy (non-hydrogen) atoms. The molecule has 5 heteroatoms. The summed E-state index contributed by atoms with van der Waals surface area (Å²) in [6, 6.07) is 5.38. The fourth-order valence-corrected chi connectivity index (χ4v) is 1.74. The zero-order valence-electron chi connectivity index (χ0n) is 9.89. The zero-order valence-corrected chi connectivity index (χ0v) is 11.5. The standard InChI is InChI=1S/C12H17BrO4/c1-8(14)11-4-3-9(13)5-12(11)17-7-10(15)6-16-2/h3-5,8,10,14-15H,6-7H2,1-2H3. The first-order valence-corrected chi connectivity index (χ1v) is 6.11. The summed E-state index contributed by atoms with van der Waals surface area (Å²) in [5.74, 6) is 0.560. The van der Waals surface area contributed by atoms with Crippen LogP contribution in [0.25, 0.3) is 0 Å². The molecule has 1 aromatic carbocycles. The van der Waals surface area contributed by atoms with Crippen LogP contribution >= 0.6 is 15.9 Å². The minimum absolute atomic E-state index is 0.129. The van der Waals surface area contributed by atoms with Gasteiger partial charge in [-0.25, -0.2) is 0 Å². The van der Waals surface area contributed by atoms with Crippen molar-refractivity contribution in [2.45, 2.75) is 19.1 Å². The number of halogens is 1. The topological polar surface area (TPSA) is 58.9 Å². The van der Waals surface area contributed by atoms with E-state index >= 15 is 0 Å². The molecule has 0 aliphatic carbocycles. The molecule has 4 nitrogen and oxygen atoms in total. The Bertz CT molecular complexity index is 354. The maximum absolute atomic E-state index is 9.58. The average molecular weight is 305 g/mol. The molecule has 0 fully saturated rings. The molecule has 0 heterocycles. The molecular weight excluding hydrogens is 288 g/mol. The lowest BCUT2D eigenvalue weighted by atomic mass is 10.1. The van der Waals surface area contributed by atoms with Gasteiger partial charge in [0.1, 0.15) is 18.5 Å². The monoisotopic (exact) mass is 304 g/mol. The number of aliphatic hydroxyl groups excluding tert-OH is 2. The van der Waals surface area contributed by atoms with Gasteiger partial charge < -0.3 is 19.7 Å². The van der Waals surface area contributed by atoms with Crippen LogP contribution in [-0.2, 0) is 4.74 Å². The summed E-state index contributed by atoms with van der Waals surface area (Å²) < 4.78 is 11.1. The lowest BCUT2D eigenvalue weighted by molar-refractivity contribution is 0.0316. The van der Waals surface area contributed by atoms with Crippen molar-refractivity contribution in [1.29, 1.82) is 0 Å². The Kier molecular flexibility index (Phi) is 5.91. The molecule has 1 aromatic rings. The SMILES string of the molecule is COCC(O)COc1cc(Br)ccc1C(C)O. The first-order valence-electron chi connectivity index (χ1n) is 5.32. The number of ether oxygens (including phenoxy) is 2. The molecule has 1 rings (SSSR count). The minimum atomic E-state index is -0.680. The first-order chi connectivity index (χ1) is 8.04. The van der Waals surface area contributed by atoms with Gasteiger partial charge in [0.2, 0.25) is 0 Å². The van der Waals surface area contributed by atoms with Gasteiger partial charge in [-0.1, -0.05) is 22.0 Å². The normalized spacial score (nSPS) is 14.4. The van der Waals surface area contributed by atoms with E-state index in [1.165, 1.54) is 7.11 Å². The van der Waals surface area contributed by atoms with Crippen molar-refractivity contribution >= 4 is 15.9 Å². The van der Waals surface area contributed by atoms with Gasteiger partial charge in [0, 0.05) is 17.1 Å². The van der Waals surface area contributed by atoms with E-state index in [0.29, 0.717) is 11.3 Å². The average Bonchev–Trinajstić information content (AvgIpc) is 2.26. The third kappa shape index (κ3) is 4.63. The Balaban J connectivity index is 2.71. The van der Waals surface area contributed by atoms with Crippen molar-refractivity contribution in [3.8, 4) is 5.75 Å². The van der Waals surface area contributed by atoms with Gasteiger partial charge in [-0.15, -0.1) is 0 Å². The van der Waals surface area contributed by atoms with Crippen molar-refractivity contribution in [2.75, 3.05) is 20.3 Å². The van der Waals surface area contributed by atoms with Crippen molar-refractivity contribution in [3.63, 3.8) is 0 Å². The molecular formula is C12H17BrO4. The summed E-state index contributed by atoms with van der Waals surface area (Å²) in [4.78, 5) is 0. The summed E-state index contributed by atoms with van der Waals surface area (Å²) in [5.41, 5.74) is 0.692. The van der Waals surface area contributed by atoms with E-state index < -0.39 is 12.2 Å². The molecule has 2 atom stereocenters. The number of aliphatic hydroxyl groups is 2. The second-order valence-corrected chi connectivity index (χ2v) is 4.69. The van der Waals surface area contributed by atoms with E-state index in [-0.39, 0.29) is 13.2 Å². The maximum Gasteiger partial charge on any atom is 0.126 e. The number of hydrogen-bond acceptors (Lipinski definition) is 4. The first kappa shape index (κ1) is 14.4. The quantitative estimate of drug-likeness (QED) is 0.842. The molecule has 2 unspecified atom stereocenters. The summed E-state index contributed by atoms with van der Waals surface area (Å²) in [6.45, 7) is 2.02. The third-order valence-corrected chi connectivity index (χ3v) is 2.71. The second-order valence-electron chi connectivity index (χ2n) is 3.78. The van der Waals surface area contributed by atoms with Crippen LogP contribution in [0, 0.1) is 0 Å². The molecule has 0 bridgehead atoms. The summed E-state index contributed by atoms with van der Waals surface area (Å²) in [7, 11) is 1.52. The molecule has 0 aromatic heterocycles. The Morgan fingerprint density at radius 2 is 2.00 bits per heavy atom. The molecule has 96 valence electrons. The van der Waals surface area contributed by atoms with E-state index in [9.17, 15) is 10.2 Å². The van der Waals surface area contributed by atoms with Crippen molar-refractivity contribution in [3.05, 3.63) is 28.2 Å². The van der Waals surface area contributed by atoms with Crippen LogP contribution in [0.4, 0.5) is 0 Å². The van der Waals surface area contributed by atoms with Gasteiger partial charge in [0.15, 0.2) is 0 Å². The van der Waals surface area contributed by atoms with Gasteiger partial charge >= 0.3 is 0 Å². The maximum atomic E-state index is 9.58. The van der Waals surface area contributed by atoms with Crippen LogP contribution < -0.4 is 4.74 Å². The highest BCUT2D eigenvalue weighted by molar-refractivity contribution is 9.10. The minimum Gasteiger partial charge on any atom is -0.490 e. The van der Waals surface area contributed by atoms with Crippen molar-refractivity contribution < 1.29 is 19.7 Å². The molecule has 0 saturated heterocycles. The number of rotatable bonds is 6. The Hall–Kier alpha value is -0.620. The summed E-state index contributed by atoms with van der Waals surface area (Å²) in [5, 5.41) is 19.1. The van der Waals surface area contributed by atoms with Gasteiger partial charge in [-0.05, 0) is 19.1 Å². The Morgan fingerprint density at radius 3 is 2.59 bits per heavy atom. The van der Waals surface area contributed by atoms with Crippen molar-refractivity contribution in [2.24, 2.45) is 0 Å². The summed E-state index contributed by atoms with van der Waals surface area (Å²) in [6.07, 6.45) is -1.29. The van der Waals surface area contributed by atoms with E-state index in [0.717, 1.165) is 4.47 Å². The Labute approximate surface area is 109 Å². The predicted molar refractivity (Wildman–Crippen MR) is 68.2 cm³/mol. The fourth-order valence-electron chi connectivity index (χ4n) is 1.40. The smallest absolute Gasteiger partial charge is 0.126 e. The molecule has 0 saturated carbocycles. The van der Waals surface area contributed by atoms with Crippen LogP contribution in [0.3, 0.4) is 0 Å². The van der Waals surface area contributed by atoms with Gasteiger partial charge in [0.05, 0.1) is 12.7 Å². The van der Waals surface area contributed by atoms with Gasteiger partial charge in [-0.3, -0.25) is 0 Å². The highest BCUT2D eigenvalue weighted by Crippen LogP contribution is 2.28. The molecule has 2 N–H and O–H groups in total.